The molecule has 3 aromatic rings. The molecule has 2 aromatic carbocycles. The number of carbonyl (C=O) groups is 1. The Kier molecular flexibility index (Phi) is 6.99. The topological polar surface area (TPSA) is 62.5 Å². The van der Waals surface area contributed by atoms with Gasteiger partial charge in [-0.25, -0.2) is 4.39 Å². The predicted octanol–water partition coefficient (Wildman–Crippen LogP) is 4.55. The fourth-order valence-corrected chi connectivity index (χ4v) is 4.42. The molecule has 10 heteroatoms. The van der Waals surface area contributed by atoms with Crippen molar-refractivity contribution in [2.24, 2.45) is 0 Å². The molecular formula is C21H19Cl2FN4O2S. The number of rotatable bonds is 6. The van der Waals surface area contributed by atoms with Gasteiger partial charge in [-0.1, -0.05) is 47.1 Å². The van der Waals surface area contributed by atoms with Crippen molar-refractivity contribution >= 4 is 46.6 Å². The lowest BCUT2D eigenvalue weighted by atomic mass is 10.1. The van der Waals surface area contributed by atoms with Crippen LogP contribution in [0.5, 0.6) is 0 Å². The molecular weight excluding hydrogens is 462 g/mol. The number of amides is 1. The van der Waals surface area contributed by atoms with Crippen molar-refractivity contribution < 1.29 is 13.6 Å². The number of piperazine rings is 1. The summed E-state index contributed by atoms with van der Waals surface area (Å²) in [4.78, 5) is 16.6. The van der Waals surface area contributed by atoms with Crippen LogP contribution in [-0.4, -0.2) is 52.9 Å². The summed E-state index contributed by atoms with van der Waals surface area (Å²) in [7, 11) is 0. The van der Waals surface area contributed by atoms with Gasteiger partial charge in [-0.15, -0.1) is 10.2 Å². The molecule has 1 aromatic heterocycles. The van der Waals surface area contributed by atoms with Crippen LogP contribution < -0.4 is 4.90 Å². The van der Waals surface area contributed by atoms with Crippen molar-refractivity contribution in [3.05, 3.63) is 69.8 Å². The van der Waals surface area contributed by atoms with Crippen molar-refractivity contribution in [1.82, 2.24) is 15.1 Å². The Morgan fingerprint density at radius 3 is 2.61 bits per heavy atom. The first-order valence-corrected chi connectivity index (χ1v) is 11.4. The smallest absolute Gasteiger partial charge is 0.277 e. The first-order valence-electron chi connectivity index (χ1n) is 9.66. The van der Waals surface area contributed by atoms with Gasteiger partial charge in [0.05, 0.1) is 12.2 Å². The van der Waals surface area contributed by atoms with Gasteiger partial charge < -0.3 is 14.2 Å². The Morgan fingerprint density at radius 2 is 1.87 bits per heavy atom. The number of hydrogen-bond donors (Lipinski definition) is 0. The zero-order valence-corrected chi connectivity index (χ0v) is 18.8. The maximum Gasteiger partial charge on any atom is 0.277 e. The summed E-state index contributed by atoms with van der Waals surface area (Å²) >= 11 is 13.3. The van der Waals surface area contributed by atoms with Crippen molar-refractivity contribution in [1.29, 1.82) is 0 Å². The quantitative estimate of drug-likeness (QED) is 0.482. The van der Waals surface area contributed by atoms with E-state index in [2.05, 4.69) is 15.1 Å². The predicted molar refractivity (Wildman–Crippen MR) is 119 cm³/mol. The van der Waals surface area contributed by atoms with Crippen molar-refractivity contribution in [2.75, 3.05) is 36.8 Å². The Balaban J connectivity index is 1.27. The van der Waals surface area contributed by atoms with Gasteiger partial charge in [-0.3, -0.25) is 4.79 Å². The first kappa shape index (κ1) is 21.9. The van der Waals surface area contributed by atoms with Crippen LogP contribution in [0.2, 0.25) is 10.0 Å². The third-order valence-corrected chi connectivity index (χ3v) is 6.36. The molecule has 31 heavy (non-hydrogen) atoms. The first-order chi connectivity index (χ1) is 15.0. The molecule has 2 heterocycles. The van der Waals surface area contributed by atoms with E-state index < -0.39 is 5.82 Å². The van der Waals surface area contributed by atoms with Crippen LogP contribution in [-0.2, 0) is 11.2 Å². The van der Waals surface area contributed by atoms with Gasteiger partial charge in [-0.2, -0.15) is 0 Å². The molecule has 4 rings (SSSR count). The second kappa shape index (κ2) is 9.89. The van der Waals surface area contributed by atoms with E-state index in [1.54, 1.807) is 6.07 Å². The highest BCUT2D eigenvalue weighted by Crippen LogP contribution is 2.24. The van der Waals surface area contributed by atoms with Crippen LogP contribution >= 0.6 is 35.0 Å². The average molecular weight is 481 g/mol. The minimum Gasteiger partial charge on any atom is -0.416 e. The van der Waals surface area contributed by atoms with Gasteiger partial charge in [-0.05, 0) is 30.3 Å². The number of nitrogens with zero attached hydrogens (tertiary/aromatic N) is 4. The van der Waals surface area contributed by atoms with Gasteiger partial charge in [0.15, 0.2) is 0 Å². The molecule has 0 bridgehead atoms. The largest absolute Gasteiger partial charge is 0.416 e. The van der Waals surface area contributed by atoms with E-state index in [1.165, 1.54) is 23.9 Å². The molecule has 0 unspecified atom stereocenters. The van der Waals surface area contributed by atoms with Crippen molar-refractivity contribution in [3.63, 3.8) is 0 Å². The van der Waals surface area contributed by atoms with E-state index in [0.717, 1.165) is 18.8 Å². The highest BCUT2D eigenvalue weighted by molar-refractivity contribution is 7.99. The maximum absolute atomic E-state index is 13.9. The molecule has 1 aliphatic rings. The number of carbonyl (C=O) groups excluding carboxylic acids is 1. The number of halogens is 3. The van der Waals surface area contributed by atoms with Crippen LogP contribution in [0.15, 0.2) is 52.1 Å². The molecule has 0 aliphatic carbocycles. The molecule has 1 saturated heterocycles. The molecule has 0 radical (unpaired) electrons. The summed E-state index contributed by atoms with van der Waals surface area (Å²) in [6.45, 7) is 2.75. The van der Waals surface area contributed by atoms with E-state index in [-0.39, 0.29) is 29.2 Å². The minimum absolute atomic E-state index is 0.00708. The molecule has 0 N–H and O–H groups in total. The highest BCUT2D eigenvalue weighted by Gasteiger charge is 2.22. The van der Waals surface area contributed by atoms with E-state index in [0.29, 0.717) is 28.7 Å². The number of anilines is 1. The molecule has 1 fully saturated rings. The number of benzene rings is 2. The fourth-order valence-electron chi connectivity index (χ4n) is 3.32. The van der Waals surface area contributed by atoms with Gasteiger partial charge in [0.2, 0.25) is 11.8 Å². The van der Waals surface area contributed by atoms with Gasteiger partial charge in [0.1, 0.15) is 5.82 Å². The summed E-state index contributed by atoms with van der Waals surface area (Å²) in [5, 5.41) is 9.14. The molecule has 0 atom stereocenters. The maximum atomic E-state index is 13.9. The normalized spacial score (nSPS) is 14.2. The molecule has 1 amide bonds. The summed E-state index contributed by atoms with van der Waals surface area (Å²) in [6, 6.07) is 12.2. The van der Waals surface area contributed by atoms with Crippen molar-refractivity contribution in [3.8, 4) is 0 Å². The van der Waals surface area contributed by atoms with E-state index >= 15 is 0 Å². The third-order valence-electron chi connectivity index (χ3n) is 4.96. The van der Waals surface area contributed by atoms with Gasteiger partial charge in [0.25, 0.3) is 5.22 Å². The summed E-state index contributed by atoms with van der Waals surface area (Å²) in [5.41, 5.74) is 1.36. The van der Waals surface area contributed by atoms with Gasteiger partial charge >= 0.3 is 0 Å². The summed E-state index contributed by atoms with van der Waals surface area (Å²) in [6.07, 6.45) is 0.0957. The Hall–Kier alpha value is -2.29. The van der Waals surface area contributed by atoms with Gasteiger partial charge in [0, 0.05) is 47.5 Å². The van der Waals surface area contributed by atoms with Crippen LogP contribution in [0.4, 0.5) is 10.1 Å². The van der Waals surface area contributed by atoms with Crippen LogP contribution in [0.25, 0.3) is 0 Å². The van der Waals surface area contributed by atoms with E-state index in [1.807, 2.05) is 29.2 Å². The highest BCUT2D eigenvalue weighted by atomic mass is 35.5. The number of aromatic nitrogens is 2. The van der Waals surface area contributed by atoms with E-state index in [4.69, 9.17) is 27.6 Å². The van der Waals surface area contributed by atoms with Crippen molar-refractivity contribution in [2.45, 2.75) is 11.6 Å². The van der Waals surface area contributed by atoms with Crippen LogP contribution in [0, 0.1) is 5.82 Å². The second-order valence-electron chi connectivity index (χ2n) is 6.98. The molecule has 162 valence electrons. The average Bonchev–Trinajstić information content (AvgIpc) is 3.22. The molecule has 1 aliphatic heterocycles. The van der Waals surface area contributed by atoms with Crippen LogP contribution in [0.3, 0.4) is 0 Å². The lowest BCUT2D eigenvalue weighted by Gasteiger charge is -2.36. The molecule has 6 nitrogen and oxygen atoms in total. The molecule has 0 saturated carbocycles. The summed E-state index contributed by atoms with van der Waals surface area (Å²) < 4.78 is 19.5. The standard InChI is InChI=1S/C21H19Cl2FN4O2S/c22-14-3-1-4-15(11-14)27-7-9-28(10-8-27)20(29)13-31-21-26-25-19(30-21)12-16-17(23)5-2-6-18(16)24/h1-6,11H,7-10,12-13H2. The number of thioether (sulfide) groups is 1. The lowest BCUT2D eigenvalue weighted by molar-refractivity contribution is -0.128. The van der Waals surface area contributed by atoms with E-state index in [9.17, 15) is 9.18 Å². The zero-order valence-electron chi connectivity index (χ0n) is 16.4. The lowest BCUT2D eigenvalue weighted by Crippen LogP contribution is -2.49. The Morgan fingerprint density at radius 1 is 1.10 bits per heavy atom. The Bertz CT molecular complexity index is 1050. The summed E-state index contributed by atoms with van der Waals surface area (Å²) in [5.74, 6) is 0.0240. The Labute approximate surface area is 193 Å². The zero-order chi connectivity index (χ0) is 21.8. The third kappa shape index (κ3) is 5.50. The minimum atomic E-state index is -0.424. The SMILES string of the molecule is O=C(CSc1nnc(Cc2c(F)cccc2Cl)o1)N1CCN(c2cccc(Cl)c2)CC1. The fraction of sp³-hybridized carbons (Fsp3) is 0.286. The monoisotopic (exact) mass is 480 g/mol. The molecule has 0 spiro atoms. The second-order valence-corrected chi connectivity index (χ2v) is 8.75. The van der Waals surface area contributed by atoms with Crippen LogP contribution in [0.1, 0.15) is 11.5 Å². The number of hydrogen-bond acceptors (Lipinski definition) is 6.